The van der Waals surface area contributed by atoms with E-state index < -0.39 is 17.9 Å². The first-order chi connectivity index (χ1) is 8.97. The van der Waals surface area contributed by atoms with E-state index in [1.165, 1.54) is 24.0 Å². The third-order valence-electron chi connectivity index (χ3n) is 2.19. The molecule has 6 nitrogen and oxygen atoms in total. The summed E-state index contributed by atoms with van der Waals surface area (Å²) < 4.78 is 0. The first kappa shape index (κ1) is 16.4. The summed E-state index contributed by atoms with van der Waals surface area (Å²) in [6.45, 7) is 9.01. The molecule has 19 heavy (non-hydrogen) atoms. The molecule has 0 radical (unpaired) electrons. The lowest BCUT2D eigenvalue weighted by Gasteiger charge is -2.18. The van der Waals surface area contributed by atoms with Gasteiger partial charge in [0.1, 0.15) is 17.7 Å². The standard InChI is InChI=1S/C13H17N3O3/c1-4-6-16(7-5-2)12(17)11(8-14)9-15-10(3)13(18)19/h4-5,9-10,15H,1-2,6-7H2,3H3,(H,18,19)/b11-9-. The number of nitriles is 1. The predicted molar refractivity (Wildman–Crippen MR) is 70.9 cm³/mol. The van der Waals surface area contributed by atoms with E-state index >= 15 is 0 Å². The Morgan fingerprint density at radius 1 is 1.42 bits per heavy atom. The lowest BCUT2D eigenvalue weighted by atomic mass is 10.2. The number of nitrogens with one attached hydrogen (secondary N) is 1. The van der Waals surface area contributed by atoms with Crippen molar-refractivity contribution in [2.75, 3.05) is 13.1 Å². The van der Waals surface area contributed by atoms with Gasteiger partial charge >= 0.3 is 5.97 Å². The van der Waals surface area contributed by atoms with Crippen LogP contribution in [0, 0.1) is 11.3 Å². The summed E-state index contributed by atoms with van der Waals surface area (Å²) in [4.78, 5) is 24.0. The number of nitrogens with zero attached hydrogens (tertiary/aromatic N) is 2. The number of amides is 1. The highest BCUT2D eigenvalue weighted by atomic mass is 16.4. The number of carbonyl (C=O) groups is 2. The quantitative estimate of drug-likeness (QED) is 0.381. The molecule has 6 heteroatoms. The van der Waals surface area contributed by atoms with Crippen LogP contribution in [0.15, 0.2) is 37.1 Å². The molecule has 0 aromatic carbocycles. The summed E-state index contributed by atoms with van der Waals surface area (Å²) in [6, 6.07) is 0.854. The molecule has 0 saturated heterocycles. The zero-order valence-electron chi connectivity index (χ0n) is 10.8. The maximum Gasteiger partial charge on any atom is 0.325 e. The molecule has 0 aromatic rings. The molecule has 0 heterocycles. The average Bonchev–Trinajstić information content (AvgIpc) is 2.38. The lowest BCUT2D eigenvalue weighted by molar-refractivity contribution is -0.138. The monoisotopic (exact) mass is 263 g/mol. The first-order valence-corrected chi connectivity index (χ1v) is 5.58. The fourth-order valence-electron chi connectivity index (χ4n) is 1.14. The first-order valence-electron chi connectivity index (χ1n) is 5.58. The third-order valence-corrected chi connectivity index (χ3v) is 2.19. The van der Waals surface area contributed by atoms with Gasteiger partial charge in [0, 0.05) is 19.3 Å². The van der Waals surface area contributed by atoms with Crippen molar-refractivity contribution in [2.24, 2.45) is 0 Å². The van der Waals surface area contributed by atoms with Gasteiger partial charge in [0.25, 0.3) is 5.91 Å². The van der Waals surface area contributed by atoms with E-state index in [0.29, 0.717) is 0 Å². The molecule has 0 aliphatic carbocycles. The Bertz CT molecular complexity index is 425. The average molecular weight is 263 g/mol. The van der Waals surface area contributed by atoms with Crippen molar-refractivity contribution in [2.45, 2.75) is 13.0 Å². The maximum absolute atomic E-state index is 12.0. The van der Waals surface area contributed by atoms with Gasteiger partial charge in [-0.3, -0.25) is 9.59 Å². The zero-order valence-corrected chi connectivity index (χ0v) is 10.8. The molecule has 0 aromatic heterocycles. The minimum absolute atomic E-state index is 0.170. The van der Waals surface area contributed by atoms with Gasteiger partial charge in [-0.25, -0.2) is 0 Å². The van der Waals surface area contributed by atoms with E-state index in [9.17, 15) is 9.59 Å². The summed E-state index contributed by atoms with van der Waals surface area (Å²) in [5.74, 6) is -1.58. The number of carbonyl (C=O) groups excluding carboxylic acids is 1. The van der Waals surface area contributed by atoms with Crippen molar-refractivity contribution in [1.29, 1.82) is 5.26 Å². The molecule has 1 amide bonds. The smallest absolute Gasteiger partial charge is 0.325 e. The fourth-order valence-corrected chi connectivity index (χ4v) is 1.14. The van der Waals surface area contributed by atoms with Crippen LogP contribution in [-0.4, -0.2) is 41.0 Å². The molecule has 1 atom stereocenters. The summed E-state index contributed by atoms with van der Waals surface area (Å²) in [5.41, 5.74) is -0.170. The Morgan fingerprint density at radius 2 is 1.95 bits per heavy atom. The predicted octanol–water partition coefficient (Wildman–Crippen LogP) is 0.657. The van der Waals surface area contributed by atoms with Gasteiger partial charge in [0.05, 0.1) is 0 Å². The molecule has 0 rings (SSSR count). The number of rotatable bonds is 8. The van der Waals surface area contributed by atoms with E-state index in [0.717, 1.165) is 6.20 Å². The summed E-state index contributed by atoms with van der Waals surface area (Å²) in [7, 11) is 0. The third kappa shape index (κ3) is 5.55. The van der Waals surface area contributed by atoms with Crippen LogP contribution in [0.4, 0.5) is 0 Å². The van der Waals surface area contributed by atoms with Crippen LogP contribution < -0.4 is 5.32 Å². The normalized spacial score (nSPS) is 11.9. The minimum Gasteiger partial charge on any atom is -0.480 e. The Morgan fingerprint density at radius 3 is 2.32 bits per heavy atom. The second-order valence-corrected chi connectivity index (χ2v) is 3.68. The fraction of sp³-hybridized carbons (Fsp3) is 0.308. The summed E-state index contributed by atoms with van der Waals surface area (Å²) >= 11 is 0. The van der Waals surface area contributed by atoms with Gasteiger partial charge in [-0.15, -0.1) is 13.2 Å². The molecule has 0 saturated carbocycles. The summed E-state index contributed by atoms with van der Waals surface area (Å²) in [6.07, 6.45) is 4.17. The molecular formula is C13H17N3O3. The van der Waals surface area contributed by atoms with Crippen LogP contribution in [0.3, 0.4) is 0 Å². The van der Waals surface area contributed by atoms with Crippen molar-refractivity contribution in [1.82, 2.24) is 10.2 Å². The van der Waals surface area contributed by atoms with Crippen molar-refractivity contribution in [3.8, 4) is 6.07 Å². The lowest BCUT2D eigenvalue weighted by Crippen LogP contribution is -2.34. The highest BCUT2D eigenvalue weighted by molar-refractivity contribution is 5.97. The van der Waals surface area contributed by atoms with Crippen LogP contribution in [0.5, 0.6) is 0 Å². The molecule has 1 unspecified atom stereocenters. The van der Waals surface area contributed by atoms with Crippen LogP contribution in [0.1, 0.15) is 6.92 Å². The Kier molecular flexibility index (Phi) is 7.38. The Labute approximate surface area is 112 Å². The van der Waals surface area contributed by atoms with Crippen LogP contribution in [-0.2, 0) is 9.59 Å². The highest BCUT2D eigenvalue weighted by Crippen LogP contribution is 2.01. The van der Waals surface area contributed by atoms with Gasteiger partial charge in [0.2, 0.25) is 0 Å². The van der Waals surface area contributed by atoms with E-state index in [1.54, 1.807) is 6.07 Å². The Balaban J connectivity index is 4.92. The van der Waals surface area contributed by atoms with Crippen molar-refractivity contribution < 1.29 is 14.7 Å². The van der Waals surface area contributed by atoms with Crippen molar-refractivity contribution >= 4 is 11.9 Å². The number of hydrogen-bond donors (Lipinski definition) is 2. The van der Waals surface area contributed by atoms with Crippen LogP contribution in [0.25, 0.3) is 0 Å². The maximum atomic E-state index is 12.0. The van der Waals surface area contributed by atoms with Gasteiger partial charge < -0.3 is 15.3 Å². The van der Waals surface area contributed by atoms with Crippen molar-refractivity contribution in [3.05, 3.63) is 37.1 Å². The van der Waals surface area contributed by atoms with E-state index in [1.807, 2.05) is 0 Å². The van der Waals surface area contributed by atoms with E-state index in [2.05, 4.69) is 18.5 Å². The topological polar surface area (TPSA) is 93.4 Å². The van der Waals surface area contributed by atoms with Gasteiger partial charge in [0.15, 0.2) is 0 Å². The molecule has 0 bridgehead atoms. The van der Waals surface area contributed by atoms with Gasteiger partial charge in [-0.05, 0) is 6.92 Å². The molecule has 102 valence electrons. The number of aliphatic carboxylic acids is 1. The second-order valence-electron chi connectivity index (χ2n) is 3.68. The second kappa shape index (κ2) is 8.53. The van der Waals surface area contributed by atoms with Crippen molar-refractivity contribution in [3.63, 3.8) is 0 Å². The molecule has 0 aliphatic rings. The van der Waals surface area contributed by atoms with Gasteiger partial charge in [-0.1, -0.05) is 12.2 Å². The van der Waals surface area contributed by atoms with Crippen LogP contribution in [0.2, 0.25) is 0 Å². The molecule has 0 spiro atoms. The highest BCUT2D eigenvalue weighted by Gasteiger charge is 2.17. The van der Waals surface area contributed by atoms with Crippen LogP contribution >= 0.6 is 0 Å². The number of carboxylic acids is 1. The SMILES string of the molecule is C=CCN(CC=C)C(=O)/C(C#N)=C\NC(C)C(=O)O. The number of hydrogen-bond acceptors (Lipinski definition) is 4. The Hall–Kier alpha value is -2.55. The molecule has 2 N–H and O–H groups in total. The van der Waals surface area contributed by atoms with Gasteiger partial charge in [-0.2, -0.15) is 5.26 Å². The molecule has 0 aliphatic heterocycles. The zero-order chi connectivity index (χ0) is 14.8. The van der Waals surface area contributed by atoms with E-state index in [-0.39, 0.29) is 18.7 Å². The summed E-state index contributed by atoms with van der Waals surface area (Å²) in [5, 5.41) is 20.1. The van der Waals surface area contributed by atoms with E-state index in [4.69, 9.17) is 10.4 Å². The number of carboxylic acid groups (broad SMARTS) is 1. The molecular weight excluding hydrogens is 246 g/mol. The largest absolute Gasteiger partial charge is 0.480 e. The molecule has 0 fully saturated rings. The minimum atomic E-state index is -1.07.